The molecule has 18 heavy (non-hydrogen) atoms. The highest BCUT2D eigenvalue weighted by Crippen LogP contribution is 2.26. The second kappa shape index (κ2) is 7.07. The fourth-order valence-electron chi connectivity index (χ4n) is 1.49. The Morgan fingerprint density at radius 3 is 2.67 bits per heavy atom. The Bertz CT molecular complexity index is 451. The molecule has 0 bridgehead atoms. The summed E-state index contributed by atoms with van der Waals surface area (Å²) in [5.74, 6) is 0. The van der Waals surface area contributed by atoms with Crippen LogP contribution in [-0.2, 0) is 0 Å². The minimum absolute atomic E-state index is 0.352. The number of urea groups is 1. The number of carbonyl (C=O) groups is 1. The molecule has 1 aromatic carbocycles. The van der Waals surface area contributed by atoms with E-state index in [4.69, 9.17) is 23.7 Å². The van der Waals surface area contributed by atoms with Crippen LogP contribution in [0.3, 0.4) is 0 Å². The summed E-state index contributed by atoms with van der Waals surface area (Å²) in [7, 11) is 0. The molecule has 0 aliphatic rings. The summed E-state index contributed by atoms with van der Waals surface area (Å²) in [6.07, 6.45) is 1.97. The summed E-state index contributed by atoms with van der Waals surface area (Å²) in [6, 6.07) is 5.26. The van der Waals surface area contributed by atoms with E-state index >= 15 is 0 Å². The van der Waals surface area contributed by atoms with Gasteiger partial charge < -0.3 is 22.1 Å². The Morgan fingerprint density at radius 2 is 2.11 bits per heavy atom. The molecule has 0 fully saturated rings. The topological polar surface area (TPSA) is 93.2 Å². The van der Waals surface area contributed by atoms with E-state index in [1.165, 1.54) is 0 Å². The van der Waals surface area contributed by atoms with Crippen molar-refractivity contribution in [2.75, 3.05) is 24.7 Å². The molecule has 1 aromatic rings. The molecule has 1 rings (SSSR count). The minimum atomic E-state index is -0.538. The molecular weight excluding hydrogens is 268 g/mol. The molecular formula is C11H16N4OS2. The fraction of sp³-hybridized carbons (Fsp3) is 0.273. The molecule has 98 valence electrons. The van der Waals surface area contributed by atoms with Gasteiger partial charge in [0, 0.05) is 29.2 Å². The maximum Gasteiger partial charge on any atom is 0.312 e. The highest BCUT2D eigenvalue weighted by atomic mass is 32.2. The zero-order valence-corrected chi connectivity index (χ0v) is 11.7. The number of benzene rings is 1. The van der Waals surface area contributed by atoms with Crippen molar-refractivity contribution in [1.82, 2.24) is 5.32 Å². The van der Waals surface area contributed by atoms with Crippen molar-refractivity contribution in [3.63, 3.8) is 0 Å². The first-order valence-corrected chi connectivity index (χ1v) is 6.93. The van der Waals surface area contributed by atoms with Gasteiger partial charge in [0.15, 0.2) is 0 Å². The molecule has 2 amide bonds. The third-order valence-corrected chi connectivity index (χ3v) is 3.22. The van der Waals surface area contributed by atoms with Gasteiger partial charge in [-0.15, -0.1) is 11.8 Å². The molecule has 7 heteroatoms. The number of carbonyl (C=O) groups excluding carboxylic acids is 1. The summed E-state index contributed by atoms with van der Waals surface area (Å²) in [6.45, 7) is 0.992. The van der Waals surface area contributed by atoms with E-state index in [2.05, 4.69) is 10.6 Å². The van der Waals surface area contributed by atoms with Gasteiger partial charge in [0.1, 0.15) is 4.99 Å². The van der Waals surface area contributed by atoms with Gasteiger partial charge in [0.2, 0.25) is 0 Å². The van der Waals surface area contributed by atoms with Crippen molar-refractivity contribution in [2.45, 2.75) is 4.90 Å². The number of hydrogen-bond acceptors (Lipinski definition) is 4. The van der Waals surface area contributed by atoms with Crippen molar-refractivity contribution in [3.05, 3.63) is 23.8 Å². The third-order valence-electron chi connectivity index (χ3n) is 2.23. The maximum atomic E-state index is 10.5. The molecule has 0 radical (unpaired) electrons. The Balaban J connectivity index is 2.75. The average molecular weight is 284 g/mol. The van der Waals surface area contributed by atoms with Gasteiger partial charge >= 0.3 is 6.03 Å². The summed E-state index contributed by atoms with van der Waals surface area (Å²) in [5, 5.41) is 5.67. The SMILES string of the molecule is CSc1cccc(NCCNC(N)=O)c1C(N)=S. The number of nitrogens with one attached hydrogen (secondary N) is 2. The number of hydrogen-bond donors (Lipinski definition) is 4. The van der Waals surface area contributed by atoms with Crippen molar-refractivity contribution in [1.29, 1.82) is 0 Å². The van der Waals surface area contributed by atoms with Crippen LogP contribution in [0.25, 0.3) is 0 Å². The third kappa shape index (κ3) is 4.08. The molecule has 0 atom stereocenters. The summed E-state index contributed by atoms with van der Waals surface area (Å²) in [5.41, 5.74) is 12.4. The lowest BCUT2D eigenvalue weighted by Gasteiger charge is -2.14. The quantitative estimate of drug-likeness (QED) is 0.357. The lowest BCUT2D eigenvalue weighted by molar-refractivity contribution is 0.249. The van der Waals surface area contributed by atoms with Crippen molar-refractivity contribution in [2.24, 2.45) is 11.5 Å². The maximum absolute atomic E-state index is 10.5. The Kier molecular flexibility index (Phi) is 5.73. The average Bonchev–Trinajstić information content (AvgIpc) is 2.33. The number of nitrogens with two attached hydrogens (primary N) is 2. The lowest BCUT2D eigenvalue weighted by Crippen LogP contribution is -2.33. The van der Waals surface area contributed by atoms with Crippen molar-refractivity contribution in [3.8, 4) is 0 Å². The Morgan fingerprint density at radius 1 is 1.39 bits per heavy atom. The molecule has 0 saturated carbocycles. The number of thiocarbonyl (C=S) groups is 1. The molecule has 0 aliphatic carbocycles. The Hall–Kier alpha value is -1.47. The molecule has 0 heterocycles. The number of rotatable bonds is 6. The lowest BCUT2D eigenvalue weighted by atomic mass is 10.1. The zero-order chi connectivity index (χ0) is 13.5. The summed E-state index contributed by atoms with van der Waals surface area (Å²) in [4.78, 5) is 11.9. The monoisotopic (exact) mass is 284 g/mol. The van der Waals surface area contributed by atoms with E-state index in [0.717, 1.165) is 16.1 Å². The van der Waals surface area contributed by atoms with Gasteiger partial charge in [-0.3, -0.25) is 0 Å². The van der Waals surface area contributed by atoms with E-state index in [9.17, 15) is 4.79 Å². The molecule has 0 unspecified atom stereocenters. The van der Waals surface area contributed by atoms with Crippen LogP contribution in [-0.4, -0.2) is 30.4 Å². The van der Waals surface area contributed by atoms with Crippen LogP contribution >= 0.6 is 24.0 Å². The van der Waals surface area contributed by atoms with Crippen LogP contribution in [0, 0.1) is 0 Å². The van der Waals surface area contributed by atoms with Crippen LogP contribution < -0.4 is 22.1 Å². The van der Waals surface area contributed by atoms with E-state index in [1.807, 2.05) is 24.5 Å². The van der Waals surface area contributed by atoms with Crippen LogP contribution in [0.1, 0.15) is 5.56 Å². The van der Waals surface area contributed by atoms with Gasteiger partial charge in [-0.05, 0) is 18.4 Å². The first-order chi connectivity index (χ1) is 8.56. The normalized spacial score (nSPS) is 9.83. The summed E-state index contributed by atoms with van der Waals surface area (Å²) >= 11 is 6.64. The van der Waals surface area contributed by atoms with Crippen molar-refractivity contribution >= 4 is 40.7 Å². The molecule has 0 aliphatic heterocycles. The highest BCUT2D eigenvalue weighted by molar-refractivity contribution is 7.98. The summed E-state index contributed by atoms with van der Waals surface area (Å²) < 4.78 is 0. The van der Waals surface area contributed by atoms with Crippen LogP contribution in [0.4, 0.5) is 10.5 Å². The molecule has 6 N–H and O–H groups in total. The Labute approximate surface area is 116 Å². The van der Waals surface area contributed by atoms with Gasteiger partial charge in [-0.1, -0.05) is 18.3 Å². The minimum Gasteiger partial charge on any atom is -0.389 e. The standard InChI is InChI=1S/C11H16N4OS2/c1-18-8-4-2-3-7(9(8)10(12)17)14-5-6-15-11(13)16/h2-4,14H,5-6H2,1H3,(H2,12,17)(H3,13,15,16). The van der Waals surface area contributed by atoms with E-state index in [0.29, 0.717) is 18.1 Å². The number of thioether (sulfide) groups is 1. The van der Waals surface area contributed by atoms with Gasteiger partial charge in [0.05, 0.1) is 0 Å². The molecule has 0 spiro atoms. The smallest absolute Gasteiger partial charge is 0.312 e. The first-order valence-electron chi connectivity index (χ1n) is 5.30. The van der Waals surface area contributed by atoms with E-state index < -0.39 is 6.03 Å². The van der Waals surface area contributed by atoms with Crippen molar-refractivity contribution < 1.29 is 4.79 Å². The molecule has 0 aromatic heterocycles. The number of amides is 2. The van der Waals surface area contributed by atoms with Gasteiger partial charge in [-0.25, -0.2) is 4.79 Å². The zero-order valence-electron chi connectivity index (χ0n) is 10.0. The van der Waals surface area contributed by atoms with Crippen LogP contribution in [0.15, 0.2) is 23.1 Å². The number of anilines is 1. The highest BCUT2D eigenvalue weighted by Gasteiger charge is 2.09. The van der Waals surface area contributed by atoms with Gasteiger partial charge in [-0.2, -0.15) is 0 Å². The molecule has 0 saturated heterocycles. The second-order valence-electron chi connectivity index (χ2n) is 3.46. The fourth-order valence-corrected chi connectivity index (χ4v) is 2.41. The van der Waals surface area contributed by atoms with Crippen LogP contribution in [0.5, 0.6) is 0 Å². The van der Waals surface area contributed by atoms with Crippen LogP contribution in [0.2, 0.25) is 0 Å². The van der Waals surface area contributed by atoms with Gasteiger partial charge in [0.25, 0.3) is 0 Å². The van der Waals surface area contributed by atoms with E-state index in [1.54, 1.807) is 11.8 Å². The predicted octanol–water partition coefficient (Wildman–Crippen LogP) is 1.12. The second-order valence-corrected chi connectivity index (χ2v) is 4.75. The molecule has 5 nitrogen and oxygen atoms in total. The number of primary amides is 1. The first kappa shape index (κ1) is 14.6. The largest absolute Gasteiger partial charge is 0.389 e. The van der Waals surface area contributed by atoms with E-state index in [-0.39, 0.29) is 0 Å². The predicted molar refractivity (Wildman–Crippen MR) is 80.2 cm³/mol.